The van der Waals surface area contributed by atoms with Gasteiger partial charge in [0.05, 0.1) is 18.7 Å². The summed E-state index contributed by atoms with van der Waals surface area (Å²) >= 11 is 0. The Bertz CT molecular complexity index is 902. The van der Waals surface area contributed by atoms with E-state index in [1.165, 1.54) is 0 Å². The molecule has 1 unspecified atom stereocenters. The van der Waals surface area contributed by atoms with E-state index in [1.807, 2.05) is 56.3 Å². The quantitative estimate of drug-likeness (QED) is 0.783. The first-order chi connectivity index (χ1) is 13.4. The number of carbonyl (C=O) groups excluding carboxylic acids is 2. The molecule has 28 heavy (non-hydrogen) atoms. The van der Waals surface area contributed by atoms with Crippen LogP contribution >= 0.6 is 0 Å². The van der Waals surface area contributed by atoms with Crippen molar-refractivity contribution in [2.75, 3.05) is 7.11 Å². The van der Waals surface area contributed by atoms with Gasteiger partial charge in [0.2, 0.25) is 0 Å². The second-order valence-corrected chi connectivity index (χ2v) is 7.38. The van der Waals surface area contributed by atoms with Gasteiger partial charge in [0.25, 0.3) is 5.91 Å². The Balaban J connectivity index is 2.06. The minimum absolute atomic E-state index is 0.122. The zero-order valence-corrected chi connectivity index (χ0v) is 16.4. The Labute approximate surface area is 165 Å². The fourth-order valence-electron chi connectivity index (χ4n) is 3.52. The molecule has 2 aromatic carbocycles. The lowest BCUT2D eigenvalue weighted by atomic mass is 9.92. The Morgan fingerprint density at radius 3 is 2.50 bits per heavy atom. The van der Waals surface area contributed by atoms with Crippen LogP contribution in [0.2, 0.25) is 0 Å². The molecule has 1 aliphatic heterocycles. The van der Waals surface area contributed by atoms with Crippen LogP contribution in [-0.2, 0) is 16.1 Å². The summed E-state index contributed by atoms with van der Waals surface area (Å²) in [7, 11) is 1.57. The van der Waals surface area contributed by atoms with Crippen molar-refractivity contribution >= 4 is 11.7 Å². The normalized spacial score (nSPS) is 16.8. The highest BCUT2D eigenvalue weighted by atomic mass is 16.5. The molecular formula is C23H25NO4. The van der Waals surface area contributed by atoms with E-state index in [0.717, 1.165) is 11.1 Å². The molecule has 146 valence electrons. The van der Waals surface area contributed by atoms with Crippen LogP contribution in [0, 0.1) is 5.92 Å². The van der Waals surface area contributed by atoms with Crippen molar-refractivity contribution in [2.45, 2.75) is 32.9 Å². The van der Waals surface area contributed by atoms with E-state index in [1.54, 1.807) is 24.1 Å². The number of carbonyl (C=O) groups is 2. The minimum Gasteiger partial charge on any atom is -0.503 e. The summed E-state index contributed by atoms with van der Waals surface area (Å²) in [6.07, 6.45) is 0.270. The van der Waals surface area contributed by atoms with Crippen LogP contribution in [0.3, 0.4) is 0 Å². The van der Waals surface area contributed by atoms with Gasteiger partial charge in [-0.3, -0.25) is 9.59 Å². The molecule has 1 amide bonds. The fraction of sp³-hybridized carbons (Fsp3) is 0.304. The van der Waals surface area contributed by atoms with E-state index < -0.39 is 17.7 Å². The predicted octanol–water partition coefficient (Wildman–Crippen LogP) is 4.21. The minimum atomic E-state index is -0.644. The van der Waals surface area contributed by atoms with E-state index in [9.17, 15) is 14.7 Å². The number of rotatable bonds is 7. The van der Waals surface area contributed by atoms with Crippen molar-refractivity contribution in [1.82, 2.24) is 4.90 Å². The van der Waals surface area contributed by atoms with Crippen LogP contribution < -0.4 is 4.74 Å². The summed E-state index contributed by atoms with van der Waals surface area (Å²) in [4.78, 5) is 27.4. The average molecular weight is 379 g/mol. The van der Waals surface area contributed by atoms with Crippen LogP contribution in [0.4, 0.5) is 0 Å². The maximum absolute atomic E-state index is 12.9. The van der Waals surface area contributed by atoms with E-state index in [0.29, 0.717) is 12.3 Å². The van der Waals surface area contributed by atoms with Gasteiger partial charge in [-0.15, -0.1) is 0 Å². The molecule has 1 atom stereocenters. The SMILES string of the molecule is COc1cccc(C2C(C(=O)CC(C)C)=C(O)C(=O)N2Cc2ccccc2)c1. The number of Topliss-reactive ketones (excluding diaryl/α,β-unsaturated/α-hetero) is 1. The second kappa shape index (κ2) is 8.30. The largest absolute Gasteiger partial charge is 0.503 e. The van der Waals surface area contributed by atoms with E-state index >= 15 is 0 Å². The van der Waals surface area contributed by atoms with Crippen LogP contribution in [0.1, 0.15) is 37.4 Å². The molecule has 1 N–H and O–H groups in total. The third-order valence-corrected chi connectivity index (χ3v) is 4.80. The molecule has 5 nitrogen and oxygen atoms in total. The van der Waals surface area contributed by atoms with Gasteiger partial charge in [-0.1, -0.05) is 56.3 Å². The predicted molar refractivity (Wildman–Crippen MR) is 107 cm³/mol. The van der Waals surface area contributed by atoms with Crippen LogP contribution in [0.15, 0.2) is 65.9 Å². The Morgan fingerprint density at radius 2 is 1.86 bits per heavy atom. The molecule has 2 aromatic rings. The summed E-state index contributed by atoms with van der Waals surface area (Å²) < 4.78 is 5.31. The maximum Gasteiger partial charge on any atom is 0.290 e. The van der Waals surface area contributed by atoms with Crippen molar-refractivity contribution < 1.29 is 19.4 Å². The van der Waals surface area contributed by atoms with E-state index in [2.05, 4.69) is 0 Å². The van der Waals surface area contributed by atoms with Gasteiger partial charge in [-0.25, -0.2) is 0 Å². The lowest BCUT2D eigenvalue weighted by Gasteiger charge is -2.27. The molecule has 5 heteroatoms. The number of aliphatic hydroxyl groups is 1. The van der Waals surface area contributed by atoms with Gasteiger partial charge in [0, 0.05) is 13.0 Å². The van der Waals surface area contributed by atoms with Gasteiger partial charge in [-0.05, 0) is 29.2 Å². The van der Waals surface area contributed by atoms with Crippen molar-refractivity contribution in [1.29, 1.82) is 0 Å². The monoisotopic (exact) mass is 379 g/mol. The summed E-state index contributed by atoms with van der Waals surface area (Å²) in [6, 6.07) is 16.2. The van der Waals surface area contributed by atoms with Gasteiger partial charge >= 0.3 is 0 Å². The average Bonchev–Trinajstić information content (AvgIpc) is 2.93. The molecule has 3 rings (SSSR count). The molecule has 0 fully saturated rings. The molecule has 0 radical (unpaired) electrons. The smallest absolute Gasteiger partial charge is 0.290 e. The van der Waals surface area contributed by atoms with Crippen molar-refractivity contribution in [3.05, 3.63) is 77.1 Å². The summed E-state index contributed by atoms with van der Waals surface area (Å²) in [5.41, 5.74) is 1.83. The van der Waals surface area contributed by atoms with Crippen molar-refractivity contribution in [3.63, 3.8) is 0 Å². The highest BCUT2D eigenvalue weighted by molar-refractivity contribution is 6.09. The number of ketones is 1. The highest BCUT2D eigenvalue weighted by Gasteiger charge is 2.43. The lowest BCUT2D eigenvalue weighted by Crippen LogP contribution is -2.30. The van der Waals surface area contributed by atoms with Gasteiger partial charge in [-0.2, -0.15) is 0 Å². The number of methoxy groups -OCH3 is 1. The third kappa shape index (κ3) is 3.93. The first kappa shape index (κ1) is 19.7. The number of hydrogen-bond acceptors (Lipinski definition) is 4. The molecule has 0 saturated carbocycles. The van der Waals surface area contributed by atoms with Gasteiger partial charge in [0.15, 0.2) is 11.5 Å². The molecule has 1 heterocycles. The fourth-order valence-corrected chi connectivity index (χ4v) is 3.52. The summed E-state index contributed by atoms with van der Waals surface area (Å²) in [6.45, 7) is 4.17. The second-order valence-electron chi connectivity index (χ2n) is 7.38. The molecule has 0 saturated heterocycles. The molecule has 0 aromatic heterocycles. The standard InChI is InChI=1S/C23H25NO4/c1-15(2)12-19(25)20-21(17-10-7-11-18(13-17)28-3)24(23(27)22(20)26)14-16-8-5-4-6-9-16/h4-11,13,15,21,26H,12,14H2,1-3H3. The molecule has 0 bridgehead atoms. The molecule has 0 aliphatic carbocycles. The van der Waals surface area contributed by atoms with Crippen LogP contribution in [0.25, 0.3) is 0 Å². The molecule has 1 aliphatic rings. The number of ether oxygens (including phenoxy) is 1. The number of nitrogens with zero attached hydrogens (tertiary/aromatic N) is 1. The Kier molecular flexibility index (Phi) is 5.83. The zero-order chi connectivity index (χ0) is 20.3. The zero-order valence-electron chi connectivity index (χ0n) is 16.4. The highest BCUT2D eigenvalue weighted by Crippen LogP contribution is 2.40. The third-order valence-electron chi connectivity index (χ3n) is 4.80. The topological polar surface area (TPSA) is 66.8 Å². The van der Waals surface area contributed by atoms with E-state index in [-0.39, 0.29) is 23.7 Å². The number of aliphatic hydroxyl groups excluding tert-OH is 1. The van der Waals surface area contributed by atoms with Crippen molar-refractivity contribution in [2.24, 2.45) is 5.92 Å². The number of hydrogen-bond donors (Lipinski definition) is 1. The first-order valence-electron chi connectivity index (χ1n) is 9.37. The Hall–Kier alpha value is -3.08. The Morgan fingerprint density at radius 1 is 1.14 bits per heavy atom. The molecule has 0 spiro atoms. The summed E-state index contributed by atoms with van der Waals surface area (Å²) in [5, 5.41) is 10.6. The lowest BCUT2D eigenvalue weighted by molar-refractivity contribution is -0.130. The number of amides is 1. The van der Waals surface area contributed by atoms with Crippen molar-refractivity contribution in [3.8, 4) is 5.75 Å². The maximum atomic E-state index is 12.9. The summed E-state index contributed by atoms with van der Waals surface area (Å²) in [5.74, 6) is -0.425. The molecular weight excluding hydrogens is 354 g/mol. The first-order valence-corrected chi connectivity index (χ1v) is 9.37. The van der Waals surface area contributed by atoms with E-state index in [4.69, 9.17) is 4.74 Å². The van der Waals surface area contributed by atoms with Crippen LogP contribution in [-0.4, -0.2) is 28.8 Å². The van der Waals surface area contributed by atoms with Gasteiger partial charge in [0.1, 0.15) is 5.75 Å². The van der Waals surface area contributed by atoms with Gasteiger partial charge < -0.3 is 14.7 Å². The number of benzene rings is 2. The van der Waals surface area contributed by atoms with Crippen LogP contribution in [0.5, 0.6) is 5.75 Å².